The Balaban J connectivity index is 1.88. The third-order valence-electron chi connectivity index (χ3n) is 4.37. The maximum absolute atomic E-state index is 6.16. The summed E-state index contributed by atoms with van der Waals surface area (Å²) in [4.78, 5) is 7.41. The van der Waals surface area contributed by atoms with Gasteiger partial charge in [-0.2, -0.15) is 0 Å². The summed E-state index contributed by atoms with van der Waals surface area (Å²) < 4.78 is 2.28. The molecule has 0 amide bonds. The van der Waals surface area contributed by atoms with E-state index in [9.17, 15) is 0 Å². The van der Waals surface area contributed by atoms with Gasteiger partial charge in [-0.05, 0) is 46.1 Å². The quantitative estimate of drug-likeness (QED) is 0.873. The van der Waals surface area contributed by atoms with E-state index in [1.807, 2.05) is 0 Å². The van der Waals surface area contributed by atoms with Gasteiger partial charge in [-0.25, -0.2) is 4.98 Å². The van der Waals surface area contributed by atoms with Crippen LogP contribution in [0.3, 0.4) is 0 Å². The molecule has 0 spiro atoms. The molecule has 3 rings (SSSR count). The van der Waals surface area contributed by atoms with Crippen molar-refractivity contribution in [1.82, 2.24) is 14.5 Å². The Morgan fingerprint density at radius 3 is 2.78 bits per heavy atom. The summed E-state index contributed by atoms with van der Waals surface area (Å²) in [6.45, 7) is 6.85. The predicted molar refractivity (Wildman–Crippen MR) is 72.2 cm³/mol. The summed E-state index contributed by atoms with van der Waals surface area (Å²) in [6, 6.07) is 1.25. The molecule has 0 bridgehead atoms. The van der Waals surface area contributed by atoms with E-state index in [2.05, 4.69) is 29.5 Å². The fraction of sp³-hybridized carbons (Fsp3) is 0.786. The number of fused-ring (bicyclic) bond motifs is 1. The maximum atomic E-state index is 6.16. The smallest absolute Gasteiger partial charge is 0.126 e. The van der Waals surface area contributed by atoms with Gasteiger partial charge in [0.1, 0.15) is 5.82 Å². The lowest BCUT2D eigenvalue weighted by atomic mass is 10.1. The molecule has 2 N–H and O–H groups in total. The van der Waals surface area contributed by atoms with Crippen LogP contribution in [-0.4, -0.2) is 27.0 Å². The monoisotopic (exact) mass is 248 g/mol. The molecular formula is C14H24N4. The van der Waals surface area contributed by atoms with Gasteiger partial charge < -0.3 is 10.3 Å². The molecule has 18 heavy (non-hydrogen) atoms. The molecule has 1 fully saturated rings. The Bertz CT molecular complexity index is 423. The van der Waals surface area contributed by atoms with Gasteiger partial charge in [-0.1, -0.05) is 0 Å². The zero-order valence-electron chi connectivity index (χ0n) is 11.5. The SMILES string of the molecule is CC(C)N1CCCC1c1cn2c(n1)C(N)CCC2. The maximum Gasteiger partial charge on any atom is 0.126 e. The highest BCUT2D eigenvalue weighted by Gasteiger charge is 2.31. The van der Waals surface area contributed by atoms with E-state index < -0.39 is 0 Å². The van der Waals surface area contributed by atoms with E-state index in [4.69, 9.17) is 10.7 Å². The van der Waals surface area contributed by atoms with Crippen LogP contribution in [0.4, 0.5) is 0 Å². The predicted octanol–water partition coefficient (Wildman–Crippen LogP) is 2.22. The molecule has 4 nitrogen and oxygen atoms in total. The normalized spacial score (nSPS) is 28.9. The highest BCUT2D eigenvalue weighted by atomic mass is 15.2. The van der Waals surface area contributed by atoms with Crippen molar-refractivity contribution >= 4 is 0 Å². The minimum atomic E-state index is 0.140. The standard InChI is InChI=1S/C14H24N4/c1-10(2)18-8-4-6-13(18)12-9-17-7-3-5-11(15)14(17)16-12/h9-11,13H,3-8,15H2,1-2H3. The summed E-state index contributed by atoms with van der Waals surface area (Å²) in [7, 11) is 0. The van der Waals surface area contributed by atoms with Crippen molar-refractivity contribution in [3.05, 3.63) is 17.7 Å². The molecule has 2 aliphatic rings. The van der Waals surface area contributed by atoms with Crippen LogP contribution in [0.1, 0.15) is 63.1 Å². The van der Waals surface area contributed by atoms with Crippen molar-refractivity contribution in [3.63, 3.8) is 0 Å². The van der Waals surface area contributed by atoms with Gasteiger partial charge in [0.05, 0.1) is 17.8 Å². The zero-order chi connectivity index (χ0) is 12.7. The highest BCUT2D eigenvalue weighted by molar-refractivity contribution is 5.14. The van der Waals surface area contributed by atoms with Crippen LogP contribution in [0, 0.1) is 0 Å². The first-order valence-electron chi connectivity index (χ1n) is 7.25. The Labute approximate surface area is 109 Å². The summed E-state index contributed by atoms with van der Waals surface area (Å²) in [5, 5.41) is 0. The Morgan fingerprint density at radius 1 is 1.28 bits per heavy atom. The van der Waals surface area contributed by atoms with E-state index in [0.29, 0.717) is 12.1 Å². The molecular weight excluding hydrogens is 224 g/mol. The van der Waals surface area contributed by atoms with Gasteiger partial charge in [0.25, 0.3) is 0 Å². The minimum Gasteiger partial charge on any atom is -0.333 e. The number of hydrogen-bond acceptors (Lipinski definition) is 3. The molecule has 1 aromatic heterocycles. The van der Waals surface area contributed by atoms with Crippen molar-refractivity contribution in [2.24, 2.45) is 5.73 Å². The highest BCUT2D eigenvalue weighted by Crippen LogP contribution is 2.34. The molecule has 3 heterocycles. The second kappa shape index (κ2) is 4.67. The molecule has 0 radical (unpaired) electrons. The molecule has 2 unspecified atom stereocenters. The molecule has 2 atom stereocenters. The largest absolute Gasteiger partial charge is 0.333 e. The third-order valence-corrected chi connectivity index (χ3v) is 4.37. The summed E-state index contributed by atoms with van der Waals surface area (Å²) in [5.41, 5.74) is 7.40. The second-order valence-corrected chi connectivity index (χ2v) is 5.96. The number of rotatable bonds is 2. The van der Waals surface area contributed by atoms with Crippen LogP contribution < -0.4 is 5.73 Å². The van der Waals surface area contributed by atoms with Crippen LogP contribution in [-0.2, 0) is 6.54 Å². The van der Waals surface area contributed by atoms with Crippen LogP contribution >= 0.6 is 0 Å². The van der Waals surface area contributed by atoms with Crippen LogP contribution in [0.2, 0.25) is 0 Å². The van der Waals surface area contributed by atoms with Crippen molar-refractivity contribution in [2.75, 3.05) is 6.54 Å². The lowest BCUT2D eigenvalue weighted by molar-refractivity contribution is 0.202. The van der Waals surface area contributed by atoms with E-state index in [1.54, 1.807) is 0 Å². The molecule has 1 aromatic rings. The Morgan fingerprint density at radius 2 is 2.06 bits per heavy atom. The zero-order valence-corrected chi connectivity index (χ0v) is 11.5. The van der Waals surface area contributed by atoms with Crippen molar-refractivity contribution in [2.45, 2.75) is 64.2 Å². The van der Waals surface area contributed by atoms with Crippen molar-refractivity contribution in [3.8, 4) is 0 Å². The first kappa shape index (κ1) is 12.2. The molecule has 2 aliphatic heterocycles. The Hall–Kier alpha value is -0.870. The van der Waals surface area contributed by atoms with Gasteiger partial charge in [0, 0.05) is 18.8 Å². The van der Waals surface area contributed by atoms with Crippen LogP contribution in [0.15, 0.2) is 6.20 Å². The number of aromatic nitrogens is 2. The lowest BCUT2D eigenvalue weighted by Gasteiger charge is -2.26. The van der Waals surface area contributed by atoms with Crippen LogP contribution in [0.25, 0.3) is 0 Å². The van der Waals surface area contributed by atoms with Gasteiger partial charge in [0.15, 0.2) is 0 Å². The van der Waals surface area contributed by atoms with Gasteiger partial charge >= 0.3 is 0 Å². The number of nitrogens with two attached hydrogens (primary N) is 1. The number of likely N-dealkylation sites (tertiary alicyclic amines) is 1. The topological polar surface area (TPSA) is 47.1 Å². The molecule has 1 saturated heterocycles. The van der Waals surface area contributed by atoms with E-state index in [1.165, 1.54) is 31.5 Å². The van der Waals surface area contributed by atoms with Crippen molar-refractivity contribution in [1.29, 1.82) is 0 Å². The fourth-order valence-electron chi connectivity index (χ4n) is 3.42. The number of hydrogen-bond donors (Lipinski definition) is 1. The van der Waals surface area contributed by atoms with E-state index in [-0.39, 0.29) is 6.04 Å². The molecule has 0 saturated carbocycles. The Kier molecular flexibility index (Phi) is 3.16. The second-order valence-electron chi connectivity index (χ2n) is 5.96. The van der Waals surface area contributed by atoms with E-state index >= 15 is 0 Å². The summed E-state index contributed by atoms with van der Waals surface area (Å²) in [6.07, 6.45) is 7.04. The number of nitrogens with zero attached hydrogens (tertiary/aromatic N) is 3. The van der Waals surface area contributed by atoms with Gasteiger partial charge in [0.2, 0.25) is 0 Å². The molecule has 0 aliphatic carbocycles. The van der Waals surface area contributed by atoms with Gasteiger partial charge in [-0.3, -0.25) is 4.90 Å². The summed E-state index contributed by atoms with van der Waals surface area (Å²) in [5.74, 6) is 1.10. The summed E-state index contributed by atoms with van der Waals surface area (Å²) >= 11 is 0. The molecule has 0 aromatic carbocycles. The van der Waals surface area contributed by atoms with Gasteiger partial charge in [-0.15, -0.1) is 0 Å². The van der Waals surface area contributed by atoms with E-state index in [0.717, 1.165) is 18.8 Å². The third kappa shape index (κ3) is 1.97. The van der Waals surface area contributed by atoms with Crippen molar-refractivity contribution < 1.29 is 0 Å². The number of aryl methyl sites for hydroxylation is 1. The molecule has 100 valence electrons. The molecule has 4 heteroatoms. The fourth-order valence-corrected chi connectivity index (χ4v) is 3.42. The first-order valence-corrected chi connectivity index (χ1v) is 7.25. The average molecular weight is 248 g/mol. The first-order chi connectivity index (χ1) is 8.66. The number of imidazole rings is 1. The lowest BCUT2D eigenvalue weighted by Crippen LogP contribution is -2.30. The van der Waals surface area contributed by atoms with Crippen LogP contribution in [0.5, 0.6) is 0 Å². The average Bonchev–Trinajstić information content (AvgIpc) is 2.95. The minimum absolute atomic E-state index is 0.140.